The summed E-state index contributed by atoms with van der Waals surface area (Å²) in [7, 11) is 0. The van der Waals surface area contributed by atoms with E-state index in [4.69, 9.17) is 13.9 Å². The first-order chi connectivity index (χ1) is 12.9. The van der Waals surface area contributed by atoms with Gasteiger partial charge >= 0.3 is 0 Å². The van der Waals surface area contributed by atoms with E-state index in [1.165, 1.54) is 5.56 Å². The summed E-state index contributed by atoms with van der Waals surface area (Å²) in [5.74, 6) is 2.35. The number of rotatable bonds is 3. The zero-order valence-corrected chi connectivity index (χ0v) is 13.8. The fourth-order valence-corrected chi connectivity index (χ4v) is 2.92. The second-order valence-electron chi connectivity index (χ2n) is 5.92. The van der Waals surface area contributed by atoms with Gasteiger partial charge in [0.15, 0.2) is 11.5 Å². The zero-order valence-electron chi connectivity index (χ0n) is 13.8. The first-order valence-electron chi connectivity index (χ1n) is 8.26. The van der Waals surface area contributed by atoms with Gasteiger partial charge in [0.2, 0.25) is 18.6 Å². The van der Waals surface area contributed by atoms with Crippen LogP contribution < -0.4 is 9.47 Å². The van der Waals surface area contributed by atoms with Gasteiger partial charge in [-0.25, -0.2) is 0 Å². The van der Waals surface area contributed by atoms with E-state index in [9.17, 15) is 0 Å². The average molecular weight is 342 g/mol. The third kappa shape index (κ3) is 2.59. The van der Waals surface area contributed by atoms with Crippen LogP contribution in [0.2, 0.25) is 0 Å². The number of fused-ring (bicyclic) bond motifs is 1. The minimum Gasteiger partial charge on any atom is -0.454 e. The monoisotopic (exact) mass is 342 g/mol. The molecule has 1 aliphatic rings. The molecule has 1 aliphatic heterocycles. The summed E-state index contributed by atoms with van der Waals surface area (Å²) in [6.07, 6.45) is 0. The SMILES string of the molecule is c1ccc(-c2ccc(-c3nnc(-c4ccc5c(c4)OCO5)o3)cc2)cc1. The van der Waals surface area contributed by atoms with E-state index in [-0.39, 0.29) is 6.79 Å². The molecule has 126 valence electrons. The summed E-state index contributed by atoms with van der Waals surface area (Å²) in [4.78, 5) is 0. The van der Waals surface area contributed by atoms with Crippen molar-refractivity contribution >= 4 is 0 Å². The fraction of sp³-hybridized carbons (Fsp3) is 0.0476. The highest BCUT2D eigenvalue weighted by molar-refractivity contribution is 5.68. The molecule has 2 heterocycles. The van der Waals surface area contributed by atoms with Crippen LogP contribution in [0.25, 0.3) is 34.0 Å². The van der Waals surface area contributed by atoms with Crippen molar-refractivity contribution in [3.63, 3.8) is 0 Å². The number of hydrogen-bond acceptors (Lipinski definition) is 5. The van der Waals surface area contributed by atoms with Crippen LogP contribution in [-0.4, -0.2) is 17.0 Å². The average Bonchev–Trinajstić information content (AvgIpc) is 3.38. The molecular formula is C21H14N2O3. The van der Waals surface area contributed by atoms with E-state index in [1.807, 2.05) is 48.5 Å². The van der Waals surface area contributed by atoms with E-state index in [2.05, 4.69) is 34.5 Å². The van der Waals surface area contributed by atoms with Gasteiger partial charge in [-0.05, 0) is 41.5 Å². The van der Waals surface area contributed by atoms with Crippen LogP contribution in [0.5, 0.6) is 11.5 Å². The molecular weight excluding hydrogens is 328 g/mol. The van der Waals surface area contributed by atoms with Crippen LogP contribution in [-0.2, 0) is 0 Å². The molecule has 0 atom stereocenters. The summed E-state index contributed by atoms with van der Waals surface area (Å²) < 4.78 is 16.6. The van der Waals surface area contributed by atoms with Crippen molar-refractivity contribution in [1.29, 1.82) is 0 Å². The minimum absolute atomic E-state index is 0.238. The lowest BCUT2D eigenvalue weighted by Gasteiger charge is -2.02. The van der Waals surface area contributed by atoms with Crippen LogP contribution in [0, 0.1) is 0 Å². The Labute approximate surface area is 149 Å². The Bertz CT molecular complexity index is 1060. The summed E-state index contributed by atoms with van der Waals surface area (Å²) in [6, 6.07) is 23.9. The summed E-state index contributed by atoms with van der Waals surface area (Å²) in [6.45, 7) is 0.238. The van der Waals surface area contributed by atoms with Gasteiger partial charge in [0, 0.05) is 11.1 Å². The Kier molecular flexibility index (Phi) is 3.42. The topological polar surface area (TPSA) is 57.4 Å². The Hall–Kier alpha value is -3.60. The molecule has 5 nitrogen and oxygen atoms in total. The lowest BCUT2D eigenvalue weighted by molar-refractivity contribution is 0.174. The van der Waals surface area contributed by atoms with E-state index < -0.39 is 0 Å². The highest BCUT2D eigenvalue weighted by Crippen LogP contribution is 2.36. The van der Waals surface area contributed by atoms with Crippen molar-refractivity contribution in [2.75, 3.05) is 6.79 Å². The van der Waals surface area contributed by atoms with Gasteiger partial charge < -0.3 is 13.9 Å². The van der Waals surface area contributed by atoms with E-state index >= 15 is 0 Å². The Morgan fingerprint density at radius 1 is 0.577 bits per heavy atom. The molecule has 26 heavy (non-hydrogen) atoms. The van der Waals surface area contributed by atoms with Gasteiger partial charge in [0.25, 0.3) is 0 Å². The molecule has 0 N–H and O–H groups in total. The Morgan fingerprint density at radius 3 is 2.00 bits per heavy atom. The molecule has 1 aromatic heterocycles. The Morgan fingerprint density at radius 2 is 1.19 bits per heavy atom. The normalized spacial score (nSPS) is 12.3. The van der Waals surface area contributed by atoms with Gasteiger partial charge in [-0.2, -0.15) is 0 Å². The van der Waals surface area contributed by atoms with Crippen LogP contribution >= 0.6 is 0 Å². The van der Waals surface area contributed by atoms with Crippen molar-refractivity contribution in [2.24, 2.45) is 0 Å². The summed E-state index contributed by atoms with van der Waals surface area (Å²) in [5.41, 5.74) is 3.99. The van der Waals surface area contributed by atoms with Crippen LogP contribution in [0.3, 0.4) is 0 Å². The molecule has 0 saturated heterocycles. The van der Waals surface area contributed by atoms with Crippen LogP contribution in [0.15, 0.2) is 77.2 Å². The molecule has 0 amide bonds. The molecule has 5 heteroatoms. The van der Waals surface area contributed by atoms with Gasteiger partial charge in [0.05, 0.1) is 0 Å². The number of hydrogen-bond donors (Lipinski definition) is 0. The number of aromatic nitrogens is 2. The highest BCUT2D eigenvalue weighted by atomic mass is 16.7. The van der Waals surface area contributed by atoms with Crippen molar-refractivity contribution in [3.8, 4) is 45.5 Å². The first kappa shape index (κ1) is 14.7. The van der Waals surface area contributed by atoms with E-state index in [1.54, 1.807) is 0 Å². The van der Waals surface area contributed by atoms with Crippen LogP contribution in [0.1, 0.15) is 0 Å². The van der Waals surface area contributed by atoms with Crippen molar-refractivity contribution in [1.82, 2.24) is 10.2 Å². The predicted molar refractivity (Wildman–Crippen MR) is 96.7 cm³/mol. The largest absolute Gasteiger partial charge is 0.454 e. The molecule has 0 radical (unpaired) electrons. The quantitative estimate of drug-likeness (QED) is 0.535. The second-order valence-corrected chi connectivity index (χ2v) is 5.92. The molecule has 0 saturated carbocycles. The maximum atomic E-state index is 5.84. The molecule has 0 spiro atoms. The van der Waals surface area contributed by atoms with Crippen LogP contribution in [0.4, 0.5) is 0 Å². The predicted octanol–water partition coefficient (Wildman–Crippen LogP) is 4.80. The molecule has 5 rings (SSSR count). The molecule has 0 fully saturated rings. The van der Waals surface area contributed by atoms with Crippen molar-refractivity contribution < 1.29 is 13.9 Å². The third-order valence-corrected chi connectivity index (χ3v) is 4.28. The molecule has 4 aromatic rings. The third-order valence-electron chi connectivity index (χ3n) is 4.28. The Balaban J connectivity index is 1.43. The van der Waals surface area contributed by atoms with Gasteiger partial charge in [0.1, 0.15) is 0 Å². The smallest absolute Gasteiger partial charge is 0.248 e. The number of ether oxygens (including phenoxy) is 2. The second kappa shape index (κ2) is 6.04. The standard InChI is InChI=1S/C21H14N2O3/c1-2-4-14(5-3-1)15-6-8-16(9-7-15)20-22-23-21(26-20)17-10-11-18-19(12-17)25-13-24-18/h1-12H,13H2. The van der Waals surface area contributed by atoms with Gasteiger partial charge in [-0.3, -0.25) is 0 Å². The molecule has 3 aromatic carbocycles. The zero-order chi connectivity index (χ0) is 17.3. The first-order valence-corrected chi connectivity index (χ1v) is 8.26. The molecule has 0 aliphatic carbocycles. The van der Waals surface area contributed by atoms with Gasteiger partial charge in [-0.1, -0.05) is 42.5 Å². The number of benzene rings is 3. The fourth-order valence-electron chi connectivity index (χ4n) is 2.92. The van der Waals surface area contributed by atoms with Crippen molar-refractivity contribution in [2.45, 2.75) is 0 Å². The summed E-state index contributed by atoms with van der Waals surface area (Å²) in [5, 5.41) is 8.33. The van der Waals surface area contributed by atoms with E-state index in [0.717, 1.165) is 22.4 Å². The lowest BCUT2D eigenvalue weighted by atomic mass is 10.0. The maximum absolute atomic E-state index is 5.84. The van der Waals surface area contributed by atoms with Crippen molar-refractivity contribution in [3.05, 3.63) is 72.8 Å². The maximum Gasteiger partial charge on any atom is 0.248 e. The molecule has 0 unspecified atom stereocenters. The summed E-state index contributed by atoms with van der Waals surface area (Å²) >= 11 is 0. The van der Waals surface area contributed by atoms with E-state index in [0.29, 0.717) is 17.5 Å². The number of nitrogens with zero attached hydrogens (tertiary/aromatic N) is 2. The highest BCUT2D eigenvalue weighted by Gasteiger charge is 2.17. The lowest BCUT2D eigenvalue weighted by Crippen LogP contribution is -1.92. The van der Waals surface area contributed by atoms with Gasteiger partial charge in [-0.15, -0.1) is 10.2 Å². The molecule has 0 bridgehead atoms. The minimum atomic E-state index is 0.238.